The molecule has 0 aromatic carbocycles. The van der Waals surface area contributed by atoms with Gasteiger partial charge in [0.25, 0.3) is 0 Å². The molecule has 0 aromatic rings. The number of rotatable bonds is 3. The second-order valence-corrected chi connectivity index (χ2v) is 11.9. The van der Waals surface area contributed by atoms with Crippen molar-refractivity contribution in [2.24, 2.45) is 0 Å². The van der Waals surface area contributed by atoms with Crippen molar-refractivity contribution in [3.05, 3.63) is 0 Å². The quantitative estimate of drug-likeness (QED) is 0.536. The summed E-state index contributed by atoms with van der Waals surface area (Å²) in [6.45, 7) is 3.15. The zero-order valence-corrected chi connectivity index (χ0v) is 10.2. The minimum absolute atomic E-state index is 1.37. The monoisotopic (exact) mass is 215 g/mol. The summed E-state index contributed by atoms with van der Waals surface area (Å²) in [5.74, 6) is 0. The van der Waals surface area contributed by atoms with Crippen LogP contribution >= 0.6 is 18.1 Å². The highest BCUT2D eigenvalue weighted by molar-refractivity contribution is 7.84. The maximum absolute atomic E-state index is 11.4. The molecular weight excluding hydrogens is 201 g/mol. The van der Waals surface area contributed by atoms with E-state index in [9.17, 15) is 4.57 Å². The molecule has 0 aliphatic rings. The summed E-state index contributed by atoms with van der Waals surface area (Å²) in [6.07, 6.45) is 0. The molecule has 0 saturated heterocycles. The van der Waals surface area contributed by atoms with Crippen LogP contribution in [0.1, 0.15) is 0 Å². The molecule has 0 rings (SSSR count). The Kier molecular flexibility index (Phi) is 3.80. The van der Waals surface area contributed by atoms with Crippen molar-refractivity contribution >= 4 is 26.3 Å². The van der Waals surface area contributed by atoms with E-state index in [0.717, 1.165) is 0 Å². The summed E-state index contributed by atoms with van der Waals surface area (Å²) < 4.78 is 17.8. The first-order valence-corrected chi connectivity index (χ1v) is 9.24. The van der Waals surface area contributed by atoms with E-state index >= 15 is 0 Å². The molecule has 0 spiro atoms. The van der Waals surface area contributed by atoms with Crippen molar-refractivity contribution in [2.45, 2.75) is 19.6 Å². The minimum Gasteiger partial charge on any atom is -0.310 e. The lowest BCUT2D eigenvalue weighted by Gasteiger charge is -2.31. The first-order valence-electron chi connectivity index (χ1n) is 3.31. The van der Waals surface area contributed by atoms with Crippen LogP contribution in [-0.4, -0.2) is 26.7 Å². The van der Waals surface area contributed by atoms with Crippen LogP contribution in [0.4, 0.5) is 0 Å². The Balaban J connectivity index is 4.49. The van der Waals surface area contributed by atoms with E-state index < -0.39 is 15.1 Å². The van der Waals surface area contributed by atoms with Gasteiger partial charge in [0.05, 0.1) is 0 Å². The van der Waals surface area contributed by atoms with Crippen LogP contribution in [0, 0.1) is 0 Å². The topological polar surface area (TPSA) is 29.5 Å². The highest BCUT2D eigenvalue weighted by Gasteiger charge is 2.34. The third-order valence-corrected chi connectivity index (χ3v) is 8.73. The maximum atomic E-state index is 11.4. The fourth-order valence-corrected chi connectivity index (χ4v) is 5.88. The van der Waals surface area contributed by atoms with Crippen LogP contribution in [0.3, 0.4) is 0 Å². The highest BCUT2D eigenvalue weighted by Crippen LogP contribution is 2.56. The lowest BCUT2D eigenvalue weighted by molar-refractivity contribution is 0.378. The van der Waals surface area contributed by atoms with Crippen molar-refractivity contribution in [3.8, 4) is 0 Å². The van der Waals surface area contributed by atoms with Gasteiger partial charge in [0.1, 0.15) is 8.24 Å². The molecule has 11 heavy (non-hydrogen) atoms. The first-order chi connectivity index (χ1) is 4.72. The predicted molar refractivity (Wildman–Crippen MR) is 51.6 cm³/mol. The standard InChI is InChI=1S/C5H15ClNO2PSi/c1-7(11(3,4)5)10(6,8)9-2/h1-5H3. The Morgan fingerprint density at radius 3 is 1.91 bits per heavy atom. The Hall–Kier alpha value is 0.657. The zero-order chi connectivity index (χ0) is 9.28. The van der Waals surface area contributed by atoms with E-state index in [2.05, 4.69) is 19.6 Å². The Morgan fingerprint density at radius 2 is 1.82 bits per heavy atom. The van der Waals surface area contributed by atoms with Gasteiger partial charge in [-0.1, -0.05) is 19.6 Å². The third-order valence-electron chi connectivity index (χ3n) is 1.55. The molecule has 3 nitrogen and oxygen atoms in total. The summed E-state index contributed by atoms with van der Waals surface area (Å²) in [6, 6.07) is 0. The normalized spacial score (nSPS) is 18.5. The molecule has 0 heterocycles. The van der Waals surface area contributed by atoms with E-state index in [4.69, 9.17) is 15.8 Å². The summed E-state index contributed by atoms with van der Waals surface area (Å²) >= 11 is 5.65. The second-order valence-electron chi connectivity index (χ2n) is 3.33. The summed E-state index contributed by atoms with van der Waals surface area (Å²) in [4.78, 5) is 0. The molecule has 1 unspecified atom stereocenters. The lowest BCUT2D eigenvalue weighted by atomic mass is 11.6. The molecule has 0 radical (unpaired) electrons. The molecule has 0 aromatic heterocycles. The van der Waals surface area contributed by atoms with Crippen molar-refractivity contribution in [2.75, 3.05) is 14.2 Å². The lowest BCUT2D eigenvalue weighted by Crippen LogP contribution is -2.39. The molecule has 68 valence electrons. The average Bonchev–Trinajstić information content (AvgIpc) is 1.84. The molecule has 0 amide bonds. The van der Waals surface area contributed by atoms with E-state index in [-0.39, 0.29) is 0 Å². The zero-order valence-electron chi connectivity index (χ0n) is 7.59. The van der Waals surface area contributed by atoms with Gasteiger partial charge in [0.2, 0.25) is 0 Å². The summed E-state index contributed by atoms with van der Waals surface area (Å²) in [5.41, 5.74) is 0. The summed E-state index contributed by atoms with van der Waals surface area (Å²) in [7, 11) is 1.50. The van der Waals surface area contributed by atoms with E-state index in [1.165, 1.54) is 7.11 Å². The van der Waals surface area contributed by atoms with Gasteiger partial charge in [0, 0.05) is 7.11 Å². The number of hydrogen-bond acceptors (Lipinski definition) is 2. The minimum atomic E-state index is -3.02. The van der Waals surface area contributed by atoms with Gasteiger partial charge in [-0.05, 0) is 18.3 Å². The maximum Gasteiger partial charge on any atom is 0.356 e. The highest BCUT2D eigenvalue weighted by atomic mass is 35.7. The van der Waals surface area contributed by atoms with Crippen LogP contribution in [0.5, 0.6) is 0 Å². The Labute approximate surface area is 74.1 Å². The smallest absolute Gasteiger partial charge is 0.310 e. The number of hydrogen-bond donors (Lipinski definition) is 0. The van der Waals surface area contributed by atoms with Crippen molar-refractivity contribution in [3.63, 3.8) is 0 Å². The molecular formula is C5H15ClNO2PSi. The van der Waals surface area contributed by atoms with Crippen LogP contribution in [0.2, 0.25) is 19.6 Å². The largest absolute Gasteiger partial charge is 0.356 e. The molecule has 0 aliphatic carbocycles. The molecule has 6 heteroatoms. The Bertz CT molecular complexity index is 182. The van der Waals surface area contributed by atoms with Gasteiger partial charge in [-0.2, -0.15) is 0 Å². The molecule has 0 saturated carbocycles. The second kappa shape index (κ2) is 3.58. The van der Waals surface area contributed by atoms with Gasteiger partial charge in [-0.3, -0.25) is 4.57 Å². The fourth-order valence-electron chi connectivity index (χ4n) is 0.481. The number of halogens is 1. The van der Waals surface area contributed by atoms with Gasteiger partial charge in [0.15, 0.2) is 0 Å². The molecule has 1 atom stereocenters. The fraction of sp³-hybridized carbons (Fsp3) is 1.00. The van der Waals surface area contributed by atoms with Crippen molar-refractivity contribution in [1.29, 1.82) is 0 Å². The van der Waals surface area contributed by atoms with Crippen LogP contribution < -0.4 is 0 Å². The first kappa shape index (κ1) is 11.7. The van der Waals surface area contributed by atoms with E-state index in [1.807, 2.05) is 0 Å². The SMILES string of the molecule is COP(=O)(Cl)N(C)[Si](C)(C)C. The van der Waals surface area contributed by atoms with Gasteiger partial charge >= 0.3 is 6.87 Å². The van der Waals surface area contributed by atoms with Gasteiger partial charge < -0.3 is 4.52 Å². The third kappa shape index (κ3) is 3.26. The molecule has 0 N–H and O–H groups in total. The molecule has 0 bridgehead atoms. The summed E-state index contributed by atoms with van der Waals surface area (Å²) in [5, 5.41) is 0. The molecule has 0 fully saturated rings. The average molecular weight is 216 g/mol. The number of nitrogens with zero attached hydrogens (tertiary/aromatic N) is 1. The van der Waals surface area contributed by atoms with Crippen LogP contribution in [0.15, 0.2) is 0 Å². The van der Waals surface area contributed by atoms with Crippen LogP contribution in [-0.2, 0) is 9.09 Å². The molecule has 0 aliphatic heterocycles. The van der Waals surface area contributed by atoms with Crippen molar-refractivity contribution in [1.82, 2.24) is 4.34 Å². The van der Waals surface area contributed by atoms with Gasteiger partial charge in [-0.15, -0.1) is 0 Å². The van der Waals surface area contributed by atoms with Gasteiger partial charge in [-0.25, -0.2) is 4.34 Å². The van der Waals surface area contributed by atoms with E-state index in [0.29, 0.717) is 0 Å². The van der Waals surface area contributed by atoms with Crippen molar-refractivity contribution < 1.29 is 9.09 Å². The Morgan fingerprint density at radius 1 is 1.45 bits per heavy atom. The predicted octanol–water partition coefficient (Wildman–Crippen LogP) is 2.75. The van der Waals surface area contributed by atoms with E-state index in [1.54, 1.807) is 11.4 Å². The van der Waals surface area contributed by atoms with Crippen LogP contribution in [0.25, 0.3) is 0 Å².